The Bertz CT molecular complexity index is 1010. The van der Waals surface area contributed by atoms with Crippen LogP contribution in [0, 0.1) is 0 Å². The van der Waals surface area contributed by atoms with Gasteiger partial charge in [0.25, 0.3) is 5.91 Å². The molecule has 2 aromatic carbocycles. The second kappa shape index (κ2) is 8.24. The Balaban J connectivity index is 1.20. The molecule has 0 radical (unpaired) electrons. The van der Waals surface area contributed by atoms with E-state index in [-0.39, 0.29) is 5.91 Å². The number of carbonyl (C=O) groups excluding carboxylic acids is 1. The first kappa shape index (κ1) is 18.8. The first-order chi connectivity index (χ1) is 14.8. The minimum absolute atomic E-state index is 0.0322. The van der Waals surface area contributed by atoms with Crippen LogP contribution in [0.2, 0.25) is 0 Å². The average Bonchev–Trinajstić information content (AvgIpc) is 3.24. The summed E-state index contributed by atoms with van der Waals surface area (Å²) in [4.78, 5) is 28.3. The number of nitrogens with zero attached hydrogens (tertiary/aromatic N) is 5. The second-order valence-electron chi connectivity index (χ2n) is 7.84. The van der Waals surface area contributed by atoms with Crippen LogP contribution in [0.5, 0.6) is 0 Å². The predicted molar refractivity (Wildman–Crippen MR) is 117 cm³/mol. The number of hydrogen-bond acceptors (Lipinski definition) is 5. The molecule has 0 aliphatic carbocycles. The highest BCUT2D eigenvalue weighted by atomic mass is 16.2. The van der Waals surface area contributed by atoms with Crippen LogP contribution in [0.25, 0.3) is 0 Å². The fourth-order valence-electron chi connectivity index (χ4n) is 4.26. The van der Waals surface area contributed by atoms with E-state index in [1.807, 2.05) is 17.0 Å². The lowest BCUT2D eigenvalue weighted by atomic mass is 10.2. The van der Waals surface area contributed by atoms with Crippen LogP contribution in [0.3, 0.4) is 0 Å². The number of carbonyl (C=O) groups is 1. The number of piperazine rings is 1. The highest BCUT2D eigenvalue weighted by molar-refractivity contribution is 5.92. The largest absolute Gasteiger partial charge is 0.335 e. The van der Waals surface area contributed by atoms with Crippen molar-refractivity contribution in [2.75, 3.05) is 37.6 Å². The van der Waals surface area contributed by atoms with Gasteiger partial charge in [-0.25, -0.2) is 9.97 Å². The SMILES string of the molecule is O=C(c1cnc(N2CCc3ccccc32)cn1)N1CCN(Cc2ccccc2)CC1. The van der Waals surface area contributed by atoms with Gasteiger partial charge in [-0.15, -0.1) is 0 Å². The lowest BCUT2D eigenvalue weighted by molar-refractivity contribution is 0.0622. The lowest BCUT2D eigenvalue weighted by Crippen LogP contribution is -2.48. The zero-order valence-electron chi connectivity index (χ0n) is 16.9. The van der Waals surface area contributed by atoms with Gasteiger partial charge in [0.15, 0.2) is 5.82 Å². The number of amides is 1. The van der Waals surface area contributed by atoms with Gasteiger partial charge in [0.05, 0.1) is 12.4 Å². The van der Waals surface area contributed by atoms with Crippen LogP contribution in [0.4, 0.5) is 11.5 Å². The van der Waals surface area contributed by atoms with Gasteiger partial charge in [0.1, 0.15) is 5.69 Å². The fourth-order valence-corrected chi connectivity index (χ4v) is 4.26. The standard InChI is InChI=1S/C24H25N5O/c30-24(28-14-12-27(13-15-28)18-19-6-2-1-3-7-19)21-16-26-23(17-25-21)29-11-10-20-8-4-5-9-22(20)29/h1-9,16-17H,10-15,18H2. The van der Waals surface area contributed by atoms with Gasteiger partial charge >= 0.3 is 0 Å². The number of hydrogen-bond donors (Lipinski definition) is 0. The fraction of sp³-hybridized carbons (Fsp3) is 0.292. The van der Waals surface area contributed by atoms with Crippen LogP contribution in [-0.2, 0) is 13.0 Å². The van der Waals surface area contributed by atoms with Gasteiger partial charge < -0.3 is 9.80 Å². The molecule has 0 bridgehead atoms. The van der Waals surface area contributed by atoms with Crippen molar-refractivity contribution in [3.8, 4) is 0 Å². The molecule has 0 atom stereocenters. The molecule has 0 saturated carbocycles. The van der Waals surface area contributed by atoms with Gasteiger partial charge in [-0.1, -0.05) is 48.5 Å². The summed E-state index contributed by atoms with van der Waals surface area (Å²) in [6, 6.07) is 18.8. The summed E-state index contributed by atoms with van der Waals surface area (Å²) < 4.78 is 0. The van der Waals surface area contributed by atoms with E-state index in [1.54, 1.807) is 12.4 Å². The molecule has 1 saturated heterocycles. The molecule has 0 spiro atoms. The molecule has 3 heterocycles. The van der Waals surface area contributed by atoms with Crippen LogP contribution in [0.1, 0.15) is 21.6 Å². The Morgan fingerprint density at radius 3 is 2.37 bits per heavy atom. The summed E-state index contributed by atoms with van der Waals surface area (Å²) in [5, 5.41) is 0. The summed E-state index contributed by atoms with van der Waals surface area (Å²) in [5.41, 5.74) is 4.23. The number of benzene rings is 2. The van der Waals surface area contributed by atoms with E-state index in [4.69, 9.17) is 0 Å². The average molecular weight is 399 g/mol. The molecular weight excluding hydrogens is 374 g/mol. The van der Waals surface area contributed by atoms with E-state index >= 15 is 0 Å². The number of anilines is 2. The van der Waals surface area contributed by atoms with Crippen molar-refractivity contribution in [1.82, 2.24) is 19.8 Å². The molecular formula is C24H25N5O. The summed E-state index contributed by atoms with van der Waals surface area (Å²) in [7, 11) is 0. The minimum Gasteiger partial charge on any atom is -0.335 e. The van der Waals surface area contributed by atoms with E-state index in [0.29, 0.717) is 18.8 Å². The molecule has 6 heteroatoms. The monoisotopic (exact) mass is 399 g/mol. The minimum atomic E-state index is -0.0322. The Labute approximate surface area is 176 Å². The van der Waals surface area contributed by atoms with Crippen molar-refractivity contribution in [2.45, 2.75) is 13.0 Å². The van der Waals surface area contributed by atoms with Crippen molar-refractivity contribution in [3.63, 3.8) is 0 Å². The third-order valence-electron chi connectivity index (χ3n) is 5.93. The van der Waals surface area contributed by atoms with Gasteiger partial charge in [-0.3, -0.25) is 9.69 Å². The lowest BCUT2D eigenvalue weighted by Gasteiger charge is -2.34. The zero-order valence-corrected chi connectivity index (χ0v) is 16.9. The summed E-state index contributed by atoms with van der Waals surface area (Å²) in [6.07, 6.45) is 4.35. The quantitative estimate of drug-likeness (QED) is 0.675. The normalized spacial score (nSPS) is 16.5. The Hall–Kier alpha value is -3.25. The third-order valence-corrected chi connectivity index (χ3v) is 5.93. The van der Waals surface area contributed by atoms with Crippen LogP contribution in [-0.4, -0.2) is 58.4 Å². The molecule has 6 nitrogen and oxygen atoms in total. The van der Waals surface area contributed by atoms with Crippen LogP contribution in [0.15, 0.2) is 67.0 Å². The van der Waals surface area contributed by atoms with Crippen molar-refractivity contribution >= 4 is 17.4 Å². The molecule has 0 N–H and O–H groups in total. The predicted octanol–water partition coefficient (Wildman–Crippen LogP) is 3.13. The Morgan fingerprint density at radius 1 is 0.833 bits per heavy atom. The van der Waals surface area contributed by atoms with E-state index in [2.05, 4.69) is 62.2 Å². The molecule has 5 rings (SSSR count). The highest BCUT2D eigenvalue weighted by Crippen LogP contribution is 2.32. The van der Waals surface area contributed by atoms with Crippen molar-refractivity contribution in [1.29, 1.82) is 0 Å². The smallest absolute Gasteiger partial charge is 0.274 e. The van der Waals surface area contributed by atoms with E-state index in [1.165, 1.54) is 16.8 Å². The van der Waals surface area contributed by atoms with E-state index < -0.39 is 0 Å². The summed E-state index contributed by atoms with van der Waals surface area (Å²) in [5.74, 6) is 0.763. The van der Waals surface area contributed by atoms with Gasteiger partial charge in [0.2, 0.25) is 0 Å². The van der Waals surface area contributed by atoms with Crippen molar-refractivity contribution in [2.24, 2.45) is 0 Å². The molecule has 30 heavy (non-hydrogen) atoms. The van der Waals surface area contributed by atoms with Crippen molar-refractivity contribution < 1.29 is 4.79 Å². The van der Waals surface area contributed by atoms with Crippen LogP contribution >= 0.6 is 0 Å². The maximum absolute atomic E-state index is 12.9. The highest BCUT2D eigenvalue weighted by Gasteiger charge is 2.25. The molecule has 0 unspecified atom stereocenters. The summed E-state index contributed by atoms with van der Waals surface area (Å²) in [6.45, 7) is 5.00. The number of fused-ring (bicyclic) bond motifs is 1. The van der Waals surface area contributed by atoms with Crippen LogP contribution < -0.4 is 4.90 Å². The first-order valence-electron chi connectivity index (χ1n) is 10.5. The maximum Gasteiger partial charge on any atom is 0.274 e. The number of aromatic nitrogens is 2. The molecule has 1 amide bonds. The molecule has 152 valence electrons. The molecule has 2 aliphatic rings. The topological polar surface area (TPSA) is 52.6 Å². The summed E-state index contributed by atoms with van der Waals surface area (Å²) >= 11 is 0. The third kappa shape index (κ3) is 3.78. The second-order valence-corrected chi connectivity index (χ2v) is 7.84. The maximum atomic E-state index is 12.9. The van der Waals surface area contributed by atoms with Crippen molar-refractivity contribution in [3.05, 3.63) is 83.8 Å². The number of rotatable bonds is 4. The zero-order chi connectivity index (χ0) is 20.3. The Morgan fingerprint density at radius 2 is 1.60 bits per heavy atom. The molecule has 3 aromatic rings. The molecule has 1 fully saturated rings. The Kier molecular flexibility index (Phi) is 5.15. The molecule has 2 aliphatic heterocycles. The van der Waals surface area contributed by atoms with Gasteiger partial charge in [-0.05, 0) is 23.6 Å². The molecule has 1 aromatic heterocycles. The van der Waals surface area contributed by atoms with Gasteiger partial charge in [-0.2, -0.15) is 0 Å². The first-order valence-corrected chi connectivity index (χ1v) is 10.5. The van der Waals surface area contributed by atoms with Gasteiger partial charge in [0, 0.05) is 45.0 Å². The number of para-hydroxylation sites is 1. The van der Waals surface area contributed by atoms with E-state index in [9.17, 15) is 4.79 Å². The van der Waals surface area contributed by atoms with E-state index in [0.717, 1.165) is 38.4 Å².